The Bertz CT molecular complexity index is 2210. The number of aryl methyl sites for hydroxylation is 2. The fraction of sp³-hybridized carbons (Fsp3) is 0.0455. The largest absolute Gasteiger partial charge is 0.311 e. The normalized spacial score (nSPS) is 14.5. The summed E-state index contributed by atoms with van der Waals surface area (Å²) >= 11 is 0. The molecule has 3 aliphatic rings. The van der Waals surface area contributed by atoms with Crippen LogP contribution in [0.1, 0.15) is 11.1 Å². The summed E-state index contributed by atoms with van der Waals surface area (Å²) in [4.78, 5) is 5.09. The van der Waals surface area contributed by atoms with E-state index in [1.54, 1.807) is 0 Å². The van der Waals surface area contributed by atoms with Gasteiger partial charge in [0.15, 0.2) is 8.07 Å². The summed E-state index contributed by atoms with van der Waals surface area (Å²) in [6.07, 6.45) is 0. The summed E-state index contributed by atoms with van der Waals surface area (Å²) in [5, 5.41) is 5.88. The molecule has 4 heteroatoms. The lowest BCUT2D eigenvalue weighted by atomic mass is 9.33. The minimum absolute atomic E-state index is 0.125. The van der Waals surface area contributed by atoms with E-state index in [1.165, 1.54) is 82.4 Å². The molecule has 48 heavy (non-hydrogen) atoms. The van der Waals surface area contributed by atoms with E-state index in [0.717, 1.165) is 0 Å². The molecule has 0 saturated carbocycles. The van der Waals surface area contributed by atoms with E-state index in [9.17, 15) is 0 Å². The monoisotopic (exact) mass is 628 g/mol. The lowest BCUT2D eigenvalue weighted by Gasteiger charge is -2.51. The third-order valence-electron chi connectivity index (χ3n) is 10.7. The van der Waals surface area contributed by atoms with Crippen molar-refractivity contribution in [2.45, 2.75) is 13.8 Å². The second-order valence-electron chi connectivity index (χ2n) is 13.5. The Morgan fingerprint density at radius 1 is 0.396 bits per heavy atom. The van der Waals surface area contributed by atoms with E-state index >= 15 is 0 Å². The Hall–Kier alpha value is -5.58. The van der Waals surface area contributed by atoms with Gasteiger partial charge in [0.1, 0.15) is 0 Å². The minimum atomic E-state index is -2.83. The zero-order chi connectivity index (χ0) is 32.0. The first-order valence-corrected chi connectivity index (χ1v) is 18.9. The number of rotatable bonds is 4. The summed E-state index contributed by atoms with van der Waals surface area (Å²) in [5.74, 6) is 0. The number of hydrogen-bond acceptors (Lipinski definition) is 2. The standard InChI is InChI=1S/C44H33BN2Si/c1-30-26-38-43-40(28-30)48(34-20-11-5-12-21-34,35-22-13-6-14-23-35)41-29-31(2)27-39-44(41)45(43)42-36(46(38)32-16-7-3-8-17-32)24-15-25-37(42)47(39)33-18-9-4-10-19-33/h3-29H,1-2H3. The molecule has 7 aromatic carbocycles. The predicted molar refractivity (Wildman–Crippen MR) is 207 cm³/mol. The zero-order valence-corrected chi connectivity index (χ0v) is 28.1. The third kappa shape index (κ3) is 3.58. The minimum Gasteiger partial charge on any atom is -0.311 e. The van der Waals surface area contributed by atoms with Crippen LogP contribution in [0, 0.1) is 13.8 Å². The van der Waals surface area contributed by atoms with E-state index in [2.05, 4.69) is 187 Å². The van der Waals surface area contributed by atoms with Gasteiger partial charge in [-0.25, -0.2) is 0 Å². The van der Waals surface area contributed by atoms with Gasteiger partial charge in [0.2, 0.25) is 0 Å². The van der Waals surface area contributed by atoms with E-state index in [1.807, 2.05) is 0 Å². The molecule has 0 amide bonds. The first-order chi connectivity index (χ1) is 23.7. The quantitative estimate of drug-likeness (QED) is 0.218. The average molecular weight is 629 g/mol. The average Bonchev–Trinajstić information content (AvgIpc) is 3.13. The van der Waals surface area contributed by atoms with Crippen molar-refractivity contribution in [1.82, 2.24) is 0 Å². The molecule has 0 aliphatic carbocycles. The van der Waals surface area contributed by atoms with Gasteiger partial charge < -0.3 is 9.80 Å². The summed E-state index contributed by atoms with van der Waals surface area (Å²) in [5.41, 5.74) is 14.4. The Morgan fingerprint density at radius 3 is 1.21 bits per heavy atom. The topological polar surface area (TPSA) is 6.48 Å². The molecule has 10 rings (SSSR count). The molecule has 0 saturated heterocycles. The van der Waals surface area contributed by atoms with Gasteiger partial charge >= 0.3 is 0 Å². The van der Waals surface area contributed by atoms with E-state index in [-0.39, 0.29) is 6.71 Å². The van der Waals surface area contributed by atoms with Crippen LogP contribution < -0.4 is 46.9 Å². The van der Waals surface area contributed by atoms with Gasteiger partial charge in [-0.2, -0.15) is 0 Å². The fourth-order valence-electron chi connectivity index (χ4n) is 9.09. The molecule has 0 radical (unpaired) electrons. The van der Waals surface area contributed by atoms with Gasteiger partial charge in [-0.1, -0.05) is 115 Å². The van der Waals surface area contributed by atoms with Crippen molar-refractivity contribution in [3.63, 3.8) is 0 Å². The van der Waals surface area contributed by atoms with Crippen molar-refractivity contribution in [2.75, 3.05) is 9.80 Å². The van der Waals surface area contributed by atoms with Crippen LogP contribution in [0.5, 0.6) is 0 Å². The van der Waals surface area contributed by atoms with E-state index < -0.39 is 8.07 Å². The van der Waals surface area contributed by atoms with Gasteiger partial charge in [0.05, 0.1) is 0 Å². The van der Waals surface area contributed by atoms with Gasteiger partial charge in [-0.3, -0.25) is 0 Å². The van der Waals surface area contributed by atoms with Crippen molar-refractivity contribution in [2.24, 2.45) is 0 Å². The Kier molecular flexibility index (Phi) is 5.85. The molecule has 3 heterocycles. The molecule has 226 valence electrons. The Morgan fingerprint density at radius 2 is 0.792 bits per heavy atom. The van der Waals surface area contributed by atoms with Gasteiger partial charge in [0, 0.05) is 34.1 Å². The van der Waals surface area contributed by atoms with Crippen LogP contribution in [0.2, 0.25) is 0 Å². The SMILES string of the molecule is Cc1cc2c3c(c1)[Si](c1ccccc1)(c1ccccc1)c1cc(C)cc4c1B3c1c(cccc1N4c1ccccc1)N2c1ccccc1. The van der Waals surface area contributed by atoms with Crippen LogP contribution >= 0.6 is 0 Å². The van der Waals surface area contributed by atoms with Gasteiger partial charge in [-0.05, 0) is 111 Å². The van der Waals surface area contributed by atoms with Crippen LogP contribution in [0.15, 0.2) is 164 Å². The molecular weight excluding hydrogens is 595 g/mol. The predicted octanol–water partition coefficient (Wildman–Crippen LogP) is 6.08. The molecule has 2 nitrogen and oxygen atoms in total. The number of hydrogen-bond donors (Lipinski definition) is 0. The number of anilines is 6. The van der Waals surface area contributed by atoms with Crippen LogP contribution in [-0.2, 0) is 0 Å². The molecule has 0 spiro atoms. The van der Waals surface area contributed by atoms with E-state index in [0.29, 0.717) is 0 Å². The van der Waals surface area contributed by atoms with Crippen LogP contribution in [0.25, 0.3) is 0 Å². The molecule has 0 fully saturated rings. The number of benzene rings is 7. The molecule has 3 aliphatic heterocycles. The molecule has 7 aromatic rings. The second-order valence-corrected chi connectivity index (χ2v) is 17.2. The van der Waals surface area contributed by atoms with Crippen LogP contribution in [-0.4, -0.2) is 14.8 Å². The van der Waals surface area contributed by atoms with Gasteiger partial charge in [-0.15, -0.1) is 0 Å². The van der Waals surface area contributed by atoms with Crippen LogP contribution in [0.4, 0.5) is 34.1 Å². The molecule has 0 aromatic heterocycles. The Labute approximate surface area is 283 Å². The third-order valence-corrected chi connectivity index (χ3v) is 15.6. The molecule has 0 bridgehead atoms. The maximum absolute atomic E-state index is 2.83. The fourth-order valence-corrected chi connectivity index (χ4v) is 14.6. The smallest absolute Gasteiger partial charge is 0.251 e. The highest BCUT2D eigenvalue weighted by atomic mass is 28.3. The summed E-state index contributed by atoms with van der Waals surface area (Å²) in [6.45, 7) is 4.70. The maximum Gasteiger partial charge on any atom is 0.251 e. The lowest BCUT2D eigenvalue weighted by Crippen LogP contribution is -2.88. The van der Waals surface area contributed by atoms with Gasteiger partial charge in [0.25, 0.3) is 6.71 Å². The number of para-hydroxylation sites is 2. The molecule has 0 unspecified atom stereocenters. The van der Waals surface area contributed by atoms with Crippen molar-refractivity contribution in [1.29, 1.82) is 0 Å². The second kappa shape index (κ2) is 10.2. The highest BCUT2D eigenvalue weighted by molar-refractivity contribution is 7.27. The van der Waals surface area contributed by atoms with Crippen molar-refractivity contribution in [3.05, 3.63) is 175 Å². The van der Waals surface area contributed by atoms with Crippen molar-refractivity contribution in [3.8, 4) is 0 Å². The summed E-state index contributed by atoms with van der Waals surface area (Å²) < 4.78 is 0. The maximum atomic E-state index is 2.55. The first-order valence-electron chi connectivity index (χ1n) is 16.9. The zero-order valence-electron chi connectivity index (χ0n) is 27.1. The highest BCUT2D eigenvalue weighted by Gasteiger charge is 2.56. The highest BCUT2D eigenvalue weighted by Crippen LogP contribution is 2.44. The first kappa shape index (κ1) is 27.5. The summed E-state index contributed by atoms with van der Waals surface area (Å²) in [7, 11) is -2.83. The molecular formula is C44H33BN2Si. The van der Waals surface area contributed by atoms with E-state index in [4.69, 9.17) is 0 Å². The molecule has 0 atom stereocenters. The van der Waals surface area contributed by atoms with Crippen molar-refractivity contribution >= 4 is 86.0 Å². The van der Waals surface area contributed by atoms with Crippen molar-refractivity contribution < 1.29 is 0 Å². The lowest BCUT2D eigenvalue weighted by molar-refractivity contribution is 1.24. The molecule has 0 N–H and O–H groups in total. The van der Waals surface area contributed by atoms with Crippen LogP contribution in [0.3, 0.4) is 0 Å². The summed E-state index contributed by atoms with van der Waals surface area (Å²) in [6, 6.07) is 61.7. The number of nitrogens with zero attached hydrogens (tertiary/aromatic N) is 2. The Balaban J connectivity index is 1.45.